The Hall–Kier alpha value is -2.43. The second-order valence-corrected chi connectivity index (χ2v) is 7.84. The minimum absolute atomic E-state index is 0.0207. The Morgan fingerprint density at radius 3 is 2.67 bits per heavy atom. The molecule has 30 heavy (non-hydrogen) atoms. The molecule has 1 aromatic carbocycles. The van der Waals surface area contributed by atoms with Crippen LogP contribution in [-0.4, -0.2) is 54.3 Å². The normalized spacial score (nSPS) is 15.4. The van der Waals surface area contributed by atoms with E-state index in [0.29, 0.717) is 18.3 Å². The van der Waals surface area contributed by atoms with E-state index in [0.717, 1.165) is 49.1 Å². The number of fused-ring (bicyclic) bond motifs is 1. The lowest BCUT2D eigenvalue weighted by Crippen LogP contribution is -2.39. The first-order valence-electron chi connectivity index (χ1n) is 9.69. The molecule has 0 aliphatic carbocycles. The number of anilines is 2. The summed E-state index contributed by atoms with van der Waals surface area (Å²) >= 11 is 1.45. The number of halogens is 3. The Kier molecular flexibility index (Phi) is 6.35. The van der Waals surface area contributed by atoms with Gasteiger partial charge in [-0.25, -0.2) is 4.98 Å². The number of nitrogens with zero attached hydrogens (tertiary/aromatic N) is 3. The van der Waals surface area contributed by atoms with Gasteiger partial charge >= 0.3 is 6.18 Å². The van der Waals surface area contributed by atoms with Crippen molar-refractivity contribution in [1.29, 1.82) is 0 Å². The van der Waals surface area contributed by atoms with Gasteiger partial charge in [-0.1, -0.05) is 18.2 Å². The Morgan fingerprint density at radius 1 is 1.07 bits per heavy atom. The van der Waals surface area contributed by atoms with Crippen molar-refractivity contribution >= 4 is 33.3 Å². The molecular formula is C20H22F3N5OS. The quantitative estimate of drug-likeness (QED) is 0.581. The highest BCUT2D eigenvalue weighted by Crippen LogP contribution is 2.33. The van der Waals surface area contributed by atoms with E-state index in [2.05, 4.69) is 25.5 Å². The maximum absolute atomic E-state index is 13.3. The predicted octanol–water partition coefficient (Wildman–Crippen LogP) is 4.07. The topological polar surface area (TPSA) is 62.3 Å². The summed E-state index contributed by atoms with van der Waals surface area (Å²) in [5.74, 6) is 0.988. The van der Waals surface area contributed by atoms with Crippen molar-refractivity contribution in [1.82, 2.24) is 14.9 Å². The highest BCUT2D eigenvalue weighted by Gasteiger charge is 2.32. The Bertz CT molecular complexity index is 988. The van der Waals surface area contributed by atoms with E-state index >= 15 is 0 Å². The number of aromatic nitrogens is 2. The molecular weight excluding hydrogens is 415 g/mol. The lowest BCUT2D eigenvalue weighted by molar-refractivity contribution is -0.138. The second kappa shape index (κ2) is 9.15. The van der Waals surface area contributed by atoms with Gasteiger partial charge in [0.25, 0.3) is 0 Å². The van der Waals surface area contributed by atoms with E-state index in [1.54, 1.807) is 6.07 Å². The van der Waals surface area contributed by atoms with Gasteiger partial charge in [0.15, 0.2) is 0 Å². The lowest BCUT2D eigenvalue weighted by Gasteiger charge is -2.26. The summed E-state index contributed by atoms with van der Waals surface area (Å²) < 4.78 is 45.9. The molecule has 0 atom stereocenters. The molecule has 3 aromatic rings. The average Bonchev–Trinajstić information content (AvgIpc) is 3.21. The molecule has 0 bridgehead atoms. The maximum Gasteiger partial charge on any atom is 0.416 e. The molecule has 3 heterocycles. The first-order chi connectivity index (χ1) is 14.5. The van der Waals surface area contributed by atoms with Gasteiger partial charge in [0.05, 0.1) is 29.0 Å². The number of hydrogen-bond acceptors (Lipinski definition) is 7. The fraction of sp³-hybridized carbons (Fsp3) is 0.400. The van der Waals surface area contributed by atoms with Crippen LogP contribution in [0.1, 0.15) is 11.1 Å². The highest BCUT2D eigenvalue weighted by atomic mass is 32.1. The van der Waals surface area contributed by atoms with E-state index in [1.165, 1.54) is 23.5 Å². The molecule has 1 fully saturated rings. The third-order valence-corrected chi connectivity index (χ3v) is 5.80. The molecule has 2 aromatic heterocycles. The first-order valence-corrected chi connectivity index (χ1v) is 10.6. The summed E-state index contributed by atoms with van der Waals surface area (Å²) in [5.41, 5.74) is 0.295. The van der Waals surface area contributed by atoms with Crippen LogP contribution in [0.15, 0.2) is 35.7 Å². The van der Waals surface area contributed by atoms with Crippen LogP contribution in [0.4, 0.5) is 24.9 Å². The van der Waals surface area contributed by atoms with Gasteiger partial charge in [-0.2, -0.15) is 18.2 Å². The smallest absolute Gasteiger partial charge is 0.379 e. The molecule has 2 N–H and O–H groups in total. The molecule has 10 heteroatoms. The molecule has 0 radical (unpaired) electrons. The fourth-order valence-corrected chi connectivity index (χ4v) is 4.14. The van der Waals surface area contributed by atoms with Crippen LogP contribution < -0.4 is 10.6 Å². The minimum atomic E-state index is -4.39. The number of thiophene rings is 1. The second-order valence-electron chi connectivity index (χ2n) is 6.92. The predicted molar refractivity (Wildman–Crippen MR) is 112 cm³/mol. The molecule has 1 aliphatic rings. The molecule has 0 amide bonds. The van der Waals surface area contributed by atoms with Crippen molar-refractivity contribution in [2.75, 3.05) is 50.0 Å². The standard InChI is InChI=1S/C20H22F3N5OS/c21-20(22,23)15-4-2-1-3-14(15)13-25-18-17-16(5-12-30-17)26-19(27-18)24-6-7-28-8-10-29-11-9-28/h1-5,12H,6-11,13H2,(H2,24,25,26,27). The zero-order valence-corrected chi connectivity index (χ0v) is 17.0. The molecule has 6 nitrogen and oxygen atoms in total. The highest BCUT2D eigenvalue weighted by molar-refractivity contribution is 7.17. The Labute approximate surface area is 176 Å². The SMILES string of the molecule is FC(F)(F)c1ccccc1CNc1nc(NCCN2CCOCC2)nc2ccsc12. The molecule has 160 valence electrons. The van der Waals surface area contributed by atoms with Crippen molar-refractivity contribution in [2.24, 2.45) is 0 Å². The van der Waals surface area contributed by atoms with E-state index in [-0.39, 0.29) is 12.1 Å². The van der Waals surface area contributed by atoms with E-state index in [1.807, 2.05) is 11.4 Å². The molecule has 1 aliphatic heterocycles. The summed E-state index contributed by atoms with van der Waals surface area (Å²) in [6.45, 7) is 4.82. The third-order valence-electron chi connectivity index (χ3n) is 4.89. The van der Waals surface area contributed by atoms with Crippen molar-refractivity contribution in [3.8, 4) is 0 Å². The van der Waals surface area contributed by atoms with Crippen LogP contribution in [0.3, 0.4) is 0 Å². The fourth-order valence-electron chi connectivity index (χ4n) is 3.34. The van der Waals surface area contributed by atoms with Gasteiger partial charge in [-0.3, -0.25) is 4.90 Å². The van der Waals surface area contributed by atoms with E-state index < -0.39 is 11.7 Å². The van der Waals surface area contributed by atoms with Crippen LogP contribution in [0.5, 0.6) is 0 Å². The molecule has 0 saturated carbocycles. The Balaban J connectivity index is 1.47. The van der Waals surface area contributed by atoms with Gasteiger partial charge in [-0.15, -0.1) is 11.3 Å². The van der Waals surface area contributed by atoms with Crippen LogP contribution in [0, 0.1) is 0 Å². The number of morpholine rings is 1. The zero-order valence-electron chi connectivity index (χ0n) is 16.2. The van der Waals surface area contributed by atoms with E-state index in [4.69, 9.17) is 4.74 Å². The maximum atomic E-state index is 13.3. The number of alkyl halides is 3. The van der Waals surface area contributed by atoms with Crippen molar-refractivity contribution < 1.29 is 17.9 Å². The van der Waals surface area contributed by atoms with Gasteiger partial charge < -0.3 is 15.4 Å². The van der Waals surface area contributed by atoms with Gasteiger partial charge in [0, 0.05) is 32.7 Å². The largest absolute Gasteiger partial charge is 0.416 e. The van der Waals surface area contributed by atoms with Gasteiger partial charge in [0.1, 0.15) is 5.82 Å². The van der Waals surface area contributed by atoms with Gasteiger partial charge in [0.2, 0.25) is 5.95 Å². The summed E-state index contributed by atoms with van der Waals surface area (Å²) in [7, 11) is 0. The van der Waals surface area contributed by atoms with Crippen LogP contribution in [-0.2, 0) is 17.5 Å². The van der Waals surface area contributed by atoms with Crippen molar-refractivity contribution in [3.05, 3.63) is 46.8 Å². The summed E-state index contributed by atoms with van der Waals surface area (Å²) in [4.78, 5) is 11.3. The molecule has 0 spiro atoms. The van der Waals surface area contributed by atoms with Crippen molar-refractivity contribution in [3.63, 3.8) is 0 Å². The Morgan fingerprint density at radius 2 is 1.87 bits per heavy atom. The van der Waals surface area contributed by atoms with Crippen LogP contribution in [0.25, 0.3) is 10.2 Å². The summed E-state index contributed by atoms with van der Waals surface area (Å²) in [5, 5.41) is 8.20. The molecule has 4 rings (SSSR count). The van der Waals surface area contributed by atoms with Crippen LogP contribution >= 0.6 is 11.3 Å². The lowest BCUT2D eigenvalue weighted by atomic mass is 10.1. The monoisotopic (exact) mass is 437 g/mol. The first kappa shape index (κ1) is 20.8. The third kappa shape index (κ3) is 5.00. The number of hydrogen-bond donors (Lipinski definition) is 2. The summed E-state index contributed by atoms with van der Waals surface area (Å²) in [6, 6.07) is 7.45. The van der Waals surface area contributed by atoms with E-state index in [9.17, 15) is 13.2 Å². The number of rotatable bonds is 7. The average molecular weight is 437 g/mol. The van der Waals surface area contributed by atoms with Crippen molar-refractivity contribution in [2.45, 2.75) is 12.7 Å². The molecule has 1 saturated heterocycles. The minimum Gasteiger partial charge on any atom is -0.379 e. The van der Waals surface area contributed by atoms with Crippen LogP contribution in [0.2, 0.25) is 0 Å². The summed E-state index contributed by atoms with van der Waals surface area (Å²) in [6.07, 6.45) is -4.39. The number of benzene rings is 1. The van der Waals surface area contributed by atoms with Gasteiger partial charge in [-0.05, 0) is 23.1 Å². The zero-order chi connectivity index (χ0) is 21.0. The molecule has 0 unspecified atom stereocenters. The number of nitrogens with one attached hydrogen (secondary N) is 2. The number of ether oxygens (including phenoxy) is 1.